The molecule has 0 aliphatic heterocycles. The first kappa shape index (κ1) is 18.4. The summed E-state index contributed by atoms with van der Waals surface area (Å²) in [6.07, 6.45) is -4.81. The van der Waals surface area contributed by atoms with Crippen molar-refractivity contribution in [2.45, 2.75) is 13.3 Å². The molecule has 0 heterocycles. The summed E-state index contributed by atoms with van der Waals surface area (Å²) in [6.45, 7) is 1.78. The summed E-state index contributed by atoms with van der Waals surface area (Å²) in [5.41, 5.74) is 1.12. The molecule has 2 aromatic rings. The molecule has 8 heteroatoms. The molecule has 0 saturated heterocycles. The highest BCUT2D eigenvalue weighted by molar-refractivity contribution is 6.05. The number of hydrogen-bond donors (Lipinski definition) is 1. The smallest absolute Gasteiger partial charge is 0.496 e. The Bertz CT molecular complexity index is 750. The van der Waals surface area contributed by atoms with Gasteiger partial charge in [-0.25, -0.2) is 0 Å². The number of hydrogen-bond acceptors (Lipinski definition) is 4. The van der Waals surface area contributed by atoms with E-state index in [9.17, 15) is 18.0 Å². The maximum atomic E-state index is 12.4. The van der Waals surface area contributed by atoms with Gasteiger partial charge in [0.15, 0.2) is 0 Å². The van der Waals surface area contributed by atoms with Crippen molar-refractivity contribution in [2.24, 2.45) is 0 Å². The Hall–Kier alpha value is -2.90. The zero-order valence-corrected chi connectivity index (χ0v) is 13.7. The van der Waals surface area contributed by atoms with E-state index in [2.05, 4.69) is 10.1 Å². The van der Waals surface area contributed by atoms with Crippen molar-refractivity contribution in [2.75, 3.05) is 19.5 Å². The third-order valence-electron chi connectivity index (χ3n) is 3.34. The lowest BCUT2D eigenvalue weighted by Crippen LogP contribution is -2.17. The van der Waals surface area contributed by atoms with E-state index in [4.69, 9.17) is 9.47 Å². The van der Waals surface area contributed by atoms with Crippen LogP contribution in [0.15, 0.2) is 36.4 Å². The minimum atomic E-state index is -4.81. The van der Waals surface area contributed by atoms with Gasteiger partial charge < -0.3 is 19.5 Å². The Morgan fingerprint density at radius 2 is 1.64 bits per heavy atom. The van der Waals surface area contributed by atoms with Gasteiger partial charge in [0.1, 0.15) is 17.2 Å². The molecule has 134 valence electrons. The monoisotopic (exact) mass is 355 g/mol. The second-order valence-electron chi connectivity index (χ2n) is 5.04. The zero-order chi connectivity index (χ0) is 18.6. The molecule has 0 spiro atoms. The predicted octanol–water partition coefficient (Wildman–Crippen LogP) is 4.16. The number of anilines is 1. The summed E-state index contributed by atoms with van der Waals surface area (Å²) in [7, 11) is 2.92. The third kappa shape index (κ3) is 4.79. The number of carbonyl (C=O) groups is 1. The maximum Gasteiger partial charge on any atom is 0.573 e. The first-order chi connectivity index (χ1) is 11.7. The van der Waals surface area contributed by atoms with Crippen molar-refractivity contribution in [1.29, 1.82) is 0 Å². The second-order valence-corrected chi connectivity index (χ2v) is 5.04. The summed E-state index contributed by atoms with van der Waals surface area (Å²) >= 11 is 0. The van der Waals surface area contributed by atoms with E-state index in [-0.39, 0.29) is 11.3 Å². The van der Waals surface area contributed by atoms with Crippen LogP contribution in [0.2, 0.25) is 0 Å². The Balaban J connectivity index is 2.24. The topological polar surface area (TPSA) is 56.8 Å². The van der Waals surface area contributed by atoms with Crippen LogP contribution in [0.25, 0.3) is 0 Å². The van der Waals surface area contributed by atoms with Crippen molar-refractivity contribution in [3.63, 3.8) is 0 Å². The van der Waals surface area contributed by atoms with Crippen LogP contribution in [0.3, 0.4) is 0 Å². The van der Waals surface area contributed by atoms with Crippen LogP contribution in [0, 0.1) is 6.92 Å². The van der Waals surface area contributed by atoms with E-state index in [1.54, 1.807) is 6.92 Å². The molecule has 0 bridgehead atoms. The van der Waals surface area contributed by atoms with E-state index in [1.807, 2.05) is 0 Å². The van der Waals surface area contributed by atoms with E-state index >= 15 is 0 Å². The van der Waals surface area contributed by atoms with Crippen LogP contribution in [-0.2, 0) is 0 Å². The highest BCUT2D eigenvalue weighted by atomic mass is 19.4. The van der Waals surface area contributed by atoms with Crippen LogP contribution in [0.5, 0.6) is 17.2 Å². The third-order valence-corrected chi connectivity index (χ3v) is 3.34. The Morgan fingerprint density at radius 1 is 1.04 bits per heavy atom. The highest BCUT2D eigenvalue weighted by Crippen LogP contribution is 2.30. The number of halogens is 3. The van der Waals surface area contributed by atoms with Crippen molar-refractivity contribution in [3.05, 3.63) is 47.5 Å². The largest absolute Gasteiger partial charge is 0.573 e. The van der Waals surface area contributed by atoms with Gasteiger partial charge in [0, 0.05) is 22.9 Å². The standard InChI is InChI=1S/C17H16F3NO4/c1-10-14(23-2)7-11(8-15(10)24-3)16(22)21-12-5-4-6-13(9-12)25-17(18,19)20/h4-9H,1-3H3,(H,21,22). The van der Waals surface area contributed by atoms with Crippen molar-refractivity contribution >= 4 is 11.6 Å². The Kier molecular flexibility index (Phi) is 5.41. The molecule has 0 aliphatic carbocycles. The number of amides is 1. The lowest BCUT2D eigenvalue weighted by molar-refractivity contribution is -0.274. The molecule has 2 aromatic carbocycles. The molecule has 2 rings (SSSR count). The number of benzene rings is 2. The average Bonchev–Trinajstić information content (AvgIpc) is 2.53. The van der Waals surface area contributed by atoms with E-state index < -0.39 is 18.0 Å². The minimum Gasteiger partial charge on any atom is -0.496 e. The molecule has 1 N–H and O–H groups in total. The molecular formula is C17H16F3NO4. The fourth-order valence-corrected chi connectivity index (χ4v) is 2.19. The van der Waals surface area contributed by atoms with Crippen LogP contribution < -0.4 is 19.5 Å². The minimum absolute atomic E-state index is 0.158. The maximum absolute atomic E-state index is 12.4. The molecule has 25 heavy (non-hydrogen) atoms. The SMILES string of the molecule is COc1cc(C(=O)Nc2cccc(OC(F)(F)F)c2)cc(OC)c1C. The highest BCUT2D eigenvalue weighted by Gasteiger charge is 2.31. The molecule has 1 amide bonds. The van der Waals surface area contributed by atoms with Crippen LogP contribution >= 0.6 is 0 Å². The number of rotatable bonds is 5. The van der Waals surface area contributed by atoms with Crippen molar-refractivity contribution in [3.8, 4) is 17.2 Å². The van der Waals surface area contributed by atoms with E-state index in [1.165, 1.54) is 38.5 Å². The normalized spacial score (nSPS) is 11.0. The number of carbonyl (C=O) groups excluding carboxylic acids is 1. The molecule has 5 nitrogen and oxygen atoms in total. The summed E-state index contributed by atoms with van der Waals surface area (Å²) in [4.78, 5) is 12.4. The van der Waals surface area contributed by atoms with E-state index in [0.29, 0.717) is 11.5 Å². The Labute approximate surface area is 142 Å². The molecule has 0 fully saturated rings. The van der Waals surface area contributed by atoms with Gasteiger partial charge in [-0.2, -0.15) is 0 Å². The van der Waals surface area contributed by atoms with Gasteiger partial charge in [0.2, 0.25) is 0 Å². The van der Waals surface area contributed by atoms with Gasteiger partial charge in [-0.15, -0.1) is 13.2 Å². The summed E-state index contributed by atoms with van der Waals surface area (Å²) < 4.78 is 51.0. The van der Waals surface area contributed by atoms with Gasteiger partial charge in [-0.3, -0.25) is 4.79 Å². The van der Waals surface area contributed by atoms with Gasteiger partial charge in [0.25, 0.3) is 5.91 Å². The predicted molar refractivity (Wildman–Crippen MR) is 85.4 cm³/mol. The molecule has 0 atom stereocenters. The number of methoxy groups -OCH3 is 2. The number of alkyl halides is 3. The fourth-order valence-electron chi connectivity index (χ4n) is 2.19. The molecule has 0 aliphatic rings. The number of ether oxygens (including phenoxy) is 3. The number of nitrogens with one attached hydrogen (secondary N) is 1. The van der Waals surface area contributed by atoms with Gasteiger partial charge in [-0.05, 0) is 31.2 Å². The first-order valence-electron chi connectivity index (χ1n) is 7.13. The van der Waals surface area contributed by atoms with Crippen LogP contribution in [0.1, 0.15) is 15.9 Å². The fraction of sp³-hybridized carbons (Fsp3) is 0.235. The summed E-state index contributed by atoms with van der Waals surface area (Å²) in [5, 5.41) is 2.51. The Morgan fingerprint density at radius 3 is 2.16 bits per heavy atom. The van der Waals surface area contributed by atoms with E-state index in [0.717, 1.165) is 17.7 Å². The van der Waals surface area contributed by atoms with Crippen molar-refractivity contribution < 1.29 is 32.2 Å². The molecule has 0 unspecified atom stereocenters. The van der Waals surface area contributed by atoms with Crippen LogP contribution in [0.4, 0.5) is 18.9 Å². The molecule has 0 aromatic heterocycles. The summed E-state index contributed by atoms with van der Waals surface area (Å²) in [6, 6.07) is 8.04. The molecule has 0 saturated carbocycles. The quantitative estimate of drug-likeness (QED) is 0.875. The van der Waals surface area contributed by atoms with Gasteiger partial charge in [-0.1, -0.05) is 6.07 Å². The van der Waals surface area contributed by atoms with Crippen molar-refractivity contribution in [1.82, 2.24) is 0 Å². The average molecular weight is 355 g/mol. The zero-order valence-electron chi connectivity index (χ0n) is 13.7. The summed E-state index contributed by atoms with van der Waals surface area (Å²) in [5.74, 6) is -0.0394. The molecule has 0 radical (unpaired) electrons. The first-order valence-corrected chi connectivity index (χ1v) is 7.13. The lowest BCUT2D eigenvalue weighted by atomic mass is 10.1. The van der Waals surface area contributed by atoms with Gasteiger partial charge in [0.05, 0.1) is 14.2 Å². The molecular weight excluding hydrogens is 339 g/mol. The van der Waals surface area contributed by atoms with Crippen LogP contribution in [-0.4, -0.2) is 26.5 Å². The second kappa shape index (κ2) is 7.33. The van der Waals surface area contributed by atoms with Gasteiger partial charge >= 0.3 is 6.36 Å². The lowest BCUT2D eigenvalue weighted by Gasteiger charge is -2.13.